The molecule has 0 atom stereocenters. The van der Waals surface area contributed by atoms with Crippen molar-refractivity contribution in [2.24, 2.45) is 0 Å². The maximum atomic E-state index is 5.32. The maximum absolute atomic E-state index is 5.32. The number of nitrogens with zero attached hydrogens (tertiary/aromatic N) is 2. The molecular weight excluding hydrogens is 576 g/mol. The Hall–Kier alpha value is -4.99. The molecule has 3 heteroatoms. The van der Waals surface area contributed by atoms with Gasteiger partial charge in [-0.25, -0.2) is 4.98 Å². The zero-order valence-electron chi connectivity index (χ0n) is 22.6. The van der Waals surface area contributed by atoms with E-state index in [0.29, 0.717) is 0 Å². The molecule has 9 rings (SSSR count). The lowest BCUT2D eigenvalue weighted by molar-refractivity contribution is 1.30. The summed E-state index contributed by atoms with van der Waals surface area (Å²) >= 11 is 3.93. The SMILES string of the molecule is Brc1ccc2c3cccc(-c4cc(-c5ccccc5)cc(-c5ccccc5)n4)c3n3c4cccc5cccc(c1c23)c54. The highest BCUT2D eigenvalue weighted by molar-refractivity contribution is 9.10. The normalized spacial score (nSPS) is 11.9. The van der Waals surface area contributed by atoms with Crippen LogP contribution in [0.3, 0.4) is 0 Å². The number of halogens is 1. The van der Waals surface area contributed by atoms with E-state index in [4.69, 9.17) is 4.98 Å². The van der Waals surface area contributed by atoms with Crippen LogP contribution in [0.25, 0.3) is 82.5 Å². The van der Waals surface area contributed by atoms with E-state index >= 15 is 0 Å². The van der Waals surface area contributed by atoms with Crippen LogP contribution in [0.2, 0.25) is 0 Å². The van der Waals surface area contributed by atoms with E-state index < -0.39 is 0 Å². The Kier molecular flexibility index (Phi) is 5.08. The average molecular weight is 600 g/mol. The van der Waals surface area contributed by atoms with Gasteiger partial charge in [-0.15, -0.1) is 0 Å². The van der Waals surface area contributed by atoms with Crippen LogP contribution in [0.4, 0.5) is 0 Å². The molecule has 0 aliphatic rings. The van der Waals surface area contributed by atoms with Crippen LogP contribution in [0.5, 0.6) is 0 Å². The molecule has 6 aromatic carbocycles. The van der Waals surface area contributed by atoms with Gasteiger partial charge in [-0.05, 0) is 46.2 Å². The highest BCUT2D eigenvalue weighted by atomic mass is 79.9. The zero-order chi connectivity index (χ0) is 27.8. The van der Waals surface area contributed by atoms with Crippen LogP contribution < -0.4 is 0 Å². The number of rotatable bonds is 3. The van der Waals surface area contributed by atoms with Gasteiger partial charge in [0.15, 0.2) is 0 Å². The van der Waals surface area contributed by atoms with Crippen molar-refractivity contribution in [2.45, 2.75) is 0 Å². The molecule has 0 N–H and O–H groups in total. The highest BCUT2D eigenvalue weighted by Crippen LogP contribution is 2.45. The third kappa shape index (κ3) is 3.35. The summed E-state index contributed by atoms with van der Waals surface area (Å²) in [6.07, 6.45) is 0. The lowest BCUT2D eigenvalue weighted by Crippen LogP contribution is -1.96. The highest BCUT2D eigenvalue weighted by Gasteiger charge is 2.22. The van der Waals surface area contributed by atoms with Gasteiger partial charge in [0.2, 0.25) is 0 Å². The van der Waals surface area contributed by atoms with Crippen molar-refractivity contribution < 1.29 is 0 Å². The molecule has 0 saturated heterocycles. The second kappa shape index (κ2) is 9.01. The quantitative estimate of drug-likeness (QED) is 0.146. The topological polar surface area (TPSA) is 17.3 Å². The molecule has 0 aliphatic carbocycles. The fourth-order valence-corrected chi connectivity index (χ4v) is 7.31. The molecule has 196 valence electrons. The monoisotopic (exact) mass is 598 g/mol. The largest absolute Gasteiger partial charge is 0.307 e. The van der Waals surface area contributed by atoms with Crippen molar-refractivity contribution in [3.05, 3.63) is 144 Å². The first-order chi connectivity index (χ1) is 20.8. The lowest BCUT2D eigenvalue weighted by atomic mass is 9.99. The lowest BCUT2D eigenvalue weighted by Gasteiger charge is -2.15. The maximum Gasteiger partial charge on any atom is 0.0737 e. The van der Waals surface area contributed by atoms with E-state index in [1.165, 1.54) is 54.4 Å². The molecule has 0 saturated carbocycles. The van der Waals surface area contributed by atoms with Gasteiger partial charge < -0.3 is 4.40 Å². The summed E-state index contributed by atoms with van der Waals surface area (Å²) in [4.78, 5) is 5.32. The second-order valence-corrected chi connectivity index (χ2v) is 11.7. The molecule has 0 aliphatic heterocycles. The average Bonchev–Trinajstić information content (AvgIpc) is 3.39. The third-order valence-corrected chi connectivity index (χ3v) is 9.23. The van der Waals surface area contributed by atoms with Crippen LogP contribution in [0, 0.1) is 0 Å². The Balaban J connectivity index is 1.47. The Morgan fingerprint density at radius 2 is 1.14 bits per heavy atom. The summed E-state index contributed by atoms with van der Waals surface area (Å²) in [5.74, 6) is 0. The number of hydrogen-bond acceptors (Lipinski definition) is 1. The molecule has 0 spiro atoms. The minimum Gasteiger partial charge on any atom is -0.307 e. The summed E-state index contributed by atoms with van der Waals surface area (Å²) < 4.78 is 3.59. The Morgan fingerprint density at radius 3 is 1.95 bits per heavy atom. The van der Waals surface area contributed by atoms with Crippen LogP contribution in [-0.4, -0.2) is 9.38 Å². The first-order valence-corrected chi connectivity index (χ1v) is 15.0. The van der Waals surface area contributed by atoms with Gasteiger partial charge in [0.1, 0.15) is 0 Å². The second-order valence-electron chi connectivity index (χ2n) is 10.9. The summed E-state index contributed by atoms with van der Waals surface area (Å²) in [6, 6.07) is 49.9. The van der Waals surface area contributed by atoms with Gasteiger partial charge in [-0.3, -0.25) is 0 Å². The predicted molar refractivity (Wildman–Crippen MR) is 180 cm³/mol. The zero-order valence-corrected chi connectivity index (χ0v) is 24.1. The number of pyridine rings is 2. The predicted octanol–water partition coefficient (Wildman–Crippen LogP) is 11.1. The summed E-state index contributed by atoms with van der Waals surface area (Å²) in [5.41, 5.74) is 10.1. The molecule has 0 fully saturated rings. The number of aromatic nitrogens is 2. The van der Waals surface area contributed by atoms with Crippen LogP contribution in [0.1, 0.15) is 0 Å². The van der Waals surface area contributed by atoms with Crippen molar-refractivity contribution in [2.75, 3.05) is 0 Å². The molecule has 2 nitrogen and oxygen atoms in total. The number of hydrogen-bond donors (Lipinski definition) is 0. The molecular formula is C39H23BrN2. The molecule has 0 amide bonds. The van der Waals surface area contributed by atoms with E-state index in [0.717, 1.165) is 32.6 Å². The first-order valence-electron chi connectivity index (χ1n) is 14.2. The molecule has 3 heterocycles. The van der Waals surface area contributed by atoms with Crippen molar-refractivity contribution in [1.82, 2.24) is 9.38 Å². The minimum absolute atomic E-state index is 0.964. The van der Waals surface area contributed by atoms with Gasteiger partial charge in [-0.1, -0.05) is 131 Å². The van der Waals surface area contributed by atoms with E-state index in [1.54, 1.807) is 0 Å². The summed E-state index contributed by atoms with van der Waals surface area (Å²) in [5, 5.41) is 7.52. The number of fused-ring (bicyclic) bond motifs is 5. The smallest absolute Gasteiger partial charge is 0.0737 e. The fourth-order valence-electron chi connectivity index (χ4n) is 6.77. The third-order valence-electron chi connectivity index (χ3n) is 8.57. The van der Waals surface area contributed by atoms with Gasteiger partial charge >= 0.3 is 0 Å². The Labute approximate surface area is 251 Å². The molecule has 0 radical (unpaired) electrons. The number of benzene rings is 6. The Bertz CT molecular complexity index is 2400. The van der Waals surface area contributed by atoms with Gasteiger partial charge in [-0.2, -0.15) is 0 Å². The van der Waals surface area contributed by atoms with E-state index in [-0.39, 0.29) is 0 Å². The molecule has 9 aromatic rings. The van der Waals surface area contributed by atoms with Gasteiger partial charge in [0, 0.05) is 37.1 Å². The van der Waals surface area contributed by atoms with E-state index in [2.05, 4.69) is 160 Å². The van der Waals surface area contributed by atoms with E-state index in [9.17, 15) is 0 Å². The van der Waals surface area contributed by atoms with Crippen molar-refractivity contribution in [1.29, 1.82) is 0 Å². The van der Waals surface area contributed by atoms with Gasteiger partial charge in [0.25, 0.3) is 0 Å². The first kappa shape index (κ1) is 23.7. The van der Waals surface area contributed by atoms with Crippen molar-refractivity contribution in [3.8, 4) is 33.6 Å². The van der Waals surface area contributed by atoms with Crippen molar-refractivity contribution >= 4 is 64.8 Å². The molecule has 0 bridgehead atoms. The van der Waals surface area contributed by atoms with Crippen LogP contribution >= 0.6 is 15.9 Å². The van der Waals surface area contributed by atoms with Gasteiger partial charge in [0.05, 0.1) is 27.9 Å². The van der Waals surface area contributed by atoms with E-state index in [1.807, 2.05) is 0 Å². The molecule has 42 heavy (non-hydrogen) atoms. The minimum atomic E-state index is 0.964. The van der Waals surface area contributed by atoms with Crippen LogP contribution in [-0.2, 0) is 0 Å². The standard InChI is InChI=1S/C39H23BrN2/c40-32-21-20-29-28-16-9-17-30(38(28)42-35-19-8-15-26-14-7-18-31(36(26)35)37(32)39(29)42)34-23-27(24-10-3-1-4-11-24)22-33(41-34)25-12-5-2-6-13-25/h1-23H. The molecule has 3 aromatic heterocycles. The molecule has 0 unspecified atom stereocenters. The van der Waals surface area contributed by atoms with Crippen molar-refractivity contribution in [3.63, 3.8) is 0 Å². The summed E-state index contributed by atoms with van der Waals surface area (Å²) in [6.45, 7) is 0. The summed E-state index contributed by atoms with van der Waals surface area (Å²) in [7, 11) is 0. The Morgan fingerprint density at radius 1 is 0.476 bits per heavy atom. The fraction of sp³-hybridized carbons (Fsp3) is 0. The number of para-hydroxylation sites is 1. The van der Waals surface area contributed by atoms with Crippen LogP contribution in [0.15, 0.2) is 144 Å².